The smallest absolute Gasteiger partial charge is 0.137 e. The molecule has 0 fully saturated rings. The number of aromatic hydroxyl groups is 1. The summed E-state index contributed by atoms with van der Waals surface area (Å²) in [6.45, 7) is 5.54. The highest BCUT2D eigenvalue weighted by Crippen LogP contribution is 2.31. The number of phenolic OH excluding ortho intramolecular Hbond substituents is 1. The Morgan fingerprint density at radius 3 is 2.29 bits per heavy atom. The molecule has 1 rings (SSSR count). The highest BCUT2D eigenvalue weighted by atomic mass is 16.3. The summed E-state index contributed by atoms with van der Waals surface area (Å²) >= 11 is 0. The Balaban J connectivity index is 3.12. The molecule has 0 aliphatic carbocycles. The minimum atomic E-state index is -0.198. The fourth-order valence-corrected chi connectivity index (χ4v) is 1.80. The molecule has 2 nitrogen and oxygen atoms in total. The molecule has 0 heterocycles. The van der Waals surface area contributed by atoms with E-state index in [-0.39, 0.29) is 23.4 Å². The molecule has 76 valence electrons. The fraction of sp³-hybridized carbons (Fsp3) is 0.417. The van der Waals surface area contributed by atoms with Crippen LogP contribution in [-0.2, 0) is 4.79 Å². The minimum Gasteiger partial charge on any atom is -0.508 e. The van der Waals surface area contributed by atoms with Gasteiger partial charge in [0.25, 0.3) is 0 Å². The summed E-state index contributed by atoms with van der Waals surface area (Å²) in [5.41, 5.74) is 0.731. The average Bonchev–Trinajstić information content (AvgIpc) is 2.07. The molecule has 14 heavy (non-hydrogen) atoms. The fourth-order valence-electron chi connectivity index (χ4n) is 1.80. The lowest BCUT2D eigenvalue weighted by molar-refractivity contribution is -0.119. The van der Waals surface area contributed by atoms with Gasteiger partial charge in [-0.15, -0.1) is 0 Å². The molecule has 0 aliphatic heterocycles. The van der Waals surface area contributed by atoms with Crippen molar-refractivity contribution in [3.63, 3.8) is 0 Å². The van der Waals surface area contributed by atoms with Gasteiger partial charge in [-0.2, -0.15) is 0 Å². The van der Waals surface area contributed by atoms with Gasteiger partial charge >= 0.3 is 0 Å². The minimum absolute atomic E-state index is 0.0986. The van der Waals surface area contributed by atoms with E-state index in [1.54, 1.807) is 25.1 Å². The van der Waals surface area contributed by atoms with E-state index in [0.29, 0.717) is 0 Å². The van der Waals surface area contributed by atoms with Crippen LogP contribution in [-0.4, -0.2) is 10.9 Å². The van der Waals surface area contributed by atoms with Crippen LogP contribution < -0.4 is 0 Å². The van der Waals surface area contributed by atoms with E-state index in [0.717, 1.165) is 5.56 Å². The standard InChI is InChI=1S/C12H16O2/c1-8(2)12(9(3)13)10-6-4-5-7-11(10)14/h4-8,12,14H,1-3H3. The van der Waals surface area contributed by atoms with Crippen LogP contribution in [0.5, 0.6) is 5.75 Å². The molecule has 1 aromatic rings. The van der Waals surface area contributed by atoms with Crippen molar-refractivity contribution in [2.45, 2.75) is 26.7 Å². The number of hydrogen-bond donors (Lipinski definition) is 1. The molecule has 0 radical (unpaired) electrons. The molecule has 1 atom stereocenters. The van der Waals surface area contributed by atoms with E-state index in [9.17, 15) is 9.90 Å². The topological polar surface area (TPSA) is 37.3 Å². The molecule has 0 aliphatic rings. The summed E-state index contributed by atoms with van der Waals surface area (Å²) < 4.78 is 0. The van der Waals surface area contributed by atoms with Gasteiger partial charge < -0.3 is 5.11 Å². The number of para-hydroxylation sites is 1. The predicted molar refractivity (Wildman–Crippen MR) is 56.4 cm³/mol. The number of hydrogen-bond acceptors (Lipinski definition) is 2. The largest absolute Gasteiger partial charge is 0.508 e. The van der Waals surface area contributed by atoms with Crippen molar-refractivity contribution >= 4 is 5.78 Å². The van der Waals surface area contributed by atoms with Gasteiger partial charge in [0.15, 0.2) is 0 Å². The molecule has 0 aromatic heterocycles. The molecular weight excluding hydrogens is 176 g/mol. The van der Waals surface area contributed by atoms with Gasteiger partial charge in [-0.25, -0.2) is 0 Å². The van der Waals surface area contributed by atoms with Crippen LogP contribution in [0.25, 0.3) is 0 Å². The van der Waals surface area contributed by atoms with Gasteiger partial charge in [0, 0.05) is 11.5 Å². The number of carbonyl (C=O) groups is 1. The zero-order chi connectivity index (χ0) is 10.7. The van der Waals surface area contributed by atoms with Gasteiger partial charge in [-0.05, 0) is 18.9 Å². The van der Waals surface area contributed by atoms with E-state index in [2.05, 4.69) is 0 Å². The van der Waals surface area contributed by atoms with Crippen molar-refractivity contribution < 1.29 is 9.90 Å². The van der Waals surface area contributed by atoms with E-state index >= 15 is 0 Å². The maximum Gasteiger partial charge on any atom is 0.137 e. The second kappa shape index (κ2) is 4.27. The molecule has 0 amide bonds. The maximum absolute atomic E-state index is 11.4. The maximum atomic E-state index is 11.4. The Labute approximate surface area is 84.6 Å². The molecule has 0 spiro atoms. The number of Topliss-reactive ketones (excluding diaryl/α,β-unsaturated/α-hetero) is 1. The third kappa shape index (κ3) is 2.13. The first-order valence-corrected chi connectivity index (χ1v) is 4.82. The highest BCUT2D eigenvalue weighted by molar-refractivity contribution is 5.84. The molecular formula is C12H16O2. The Morgan fingerprint density at radius 1 is 1.29 bits per heavy atom. The van der Waals surface area contributed by atoms with Gasteiger partial charge in [-0.1, -0.05) is 32.0 Å². The lowest BCUT2D eigenvalue weighted by Crippen LogP contribution is -2.15. The number of benzene rings is 1. The van der Waals surface area contributed by atoms with Crippen molar-refractivity contribution in [1.82, 2.24) is 0 Å². The van der Waals surface area contributed by atoms with E-state index < -0.39 is 0 Å². The van der Waals surface area contributed by atoms with Gasteiger partial charge in [0.1, 0.15) is 11.5 Å². The molecule has 0 bridgehead atoms. The quantitative estimate of drug-likeness (QED) is 0.799. The van der Waals surface area contributed by atoms with Crippen LogP contribution in [0, 0.1) is 5.92 Å². The first kappa shape index (κ1) is 10.8. The van der Waals surface area contributed by atoms with Crippen molar-refractivity contribution in [3.8, 4) is 5.75 Å². The Kier molecular flexibility index (Phi) is 3.28. The molecule has 0 saturated heterocycles. The number of carbonyl (C=O) groups excluding carboxylic acids is 1. The van der Waals surface area contributed by atoms with E-state index in [1.165, 1.54) is 0 Å². The van der Waals surface area contributed by atoms with Crippen molar-refractivity contribution in [2.75, 3.05) is 0 Å². The molecule has 0 saturated carbocycles. The van der Waals surface area contributed by atoms with Crippen LogP contribution in [0.4, 0.5) is 0 Å². The lowest BCUT2D eigenvalue weighted by Gasteiger charge is -2.19. The van der Waals surface area contributed by atoms with Crippen molar-refractivity contribution in [1.29, 1.82) is 0 Å². The highest BCUT2D eigenvalue weighted by Gasteiger charge is 2.22. The van der Waals surface area contributed by atoms with Crippen LogP contribution in [0.1, 0.15) is 32.3 Å². The van der Waals surface area contributed by atoms with Crippen LogP contribution in [0.3, 0.4) is 0 Å². The molecule has 1 N–H and O–H groups in total. The van der Waals surface area contributed by atoms with Crippen molar-refractivity contribution in [3.05, 3.63) is 29.8 Å². The van der Waals surface area contributed by atoms with Crippen LogP contribution >= 0.6 is 0 Å². The molecule has 1 unspecified atom stereocenters. The normalized spacial score (nSPS) is 12.9. The zero-order valence-electron chi connectivity index (χ0n) is 8.82. The first-order chi connectivity index (χ1) is 6.54. The van der Waals surface area contributed by atoms with Gasteiger partial charge in [0.05, 0.1) is 0 Å². The summed E-state index contributed by atoms with van der Waals surface area (Å²) in [6.07, 6.45) is 0. The second-order valence-electron chi connectivity index (χ2n) is 3.89. The van der Waals surface area contributed by atoms with E-state index in [4.69, 9.17) is 0 Å². The summed E-state index contributed by atoms with van der Waals surface area (Å²) in [5, 5.41) is 9.63. The van der Waals surface area contributed by atoms with Gasteiger partial charge in [0.2, 0.25) is 0 Å². The molecule has 2 heteroatoms. The number of ketones is 1. The van der Waals surface area contributed by atoms with E-state index in [1.807, 2.05) is 19.9 Å². The number of rotatable bonds is 3. The van der Waals surface area contributed by atoms with Crippen LogP contribution in [0.2, 0.25) is 0 Å². The summed E-state index contributed by atoms with van der Waals surface area (Å²) in [5.74, 6) is 0.319. The van der Waals surface area contributed by atoms with Crippen molar-refractivity contribution in [2.24, 2.45) is 5.92 Å². The monoisotopic (exact) mass is 192 g/mol. The first-order valence-electron chi connectivity index (χ1n) is 4.82. The van der Waals surface area contributed by atoms with Gasteiger partial charge in [-0.3, -0.25) is 4.79 Å². The van der Waals surface area contributed by atoms with Crippen LogP contribution in [0.15, 0.2) is 24.3 Å². The summed E-state index contributed by atoms with van der Waals surface area (Å²) in [7, 11) is 0. The molecule has 1 aromatic carbocycles. The predicted octanol–water partition coefficient (Wildman–Crippen LogP) is 2.72. The average molecular weight is 192 g/mol. The Hall–Kier alpha value is -1.31. The SMILES string of the molecule is CC(=O)C(c1ccccc1O)C(C)C. The third-order valence-corrected chi connectivity index (χ3v) is 2.38. The number of phenols is 1. The zero-order valence-corrected chi connectivity index (χ0v) is 8.82. The summed E-state index contributed by atoms with van der Waals surface area (Å²) in [4.78, 5) is 11.4. The lowest BCUT2D eigenvalue weighted by atomic mass is 9.85. The third-order valence-electron chi connectivity index (χ3n) is 2.38. The summed E-state index contributed by atoms with van der Waals surface area (Å²) in [6, 6.07) is 7.03. The second-order valence-corrected chi connectivity index (χ2v) is 3.89. The Bertz CT molecular complexity index is 329. The Morgan fingerprint density at radius 2 is 1.86 bits per heavy atom.